The average Bonchev–Trinajstić information content (AvgIpc) is 3.20. The van der Waals surface area contributed by atoms with Crippen molar-refractivity contribution in [3.8, 4) is 5.75 Å². The van der Waals surface area contributed by atoms with E-state index < -0.39 is 5.63 Å². The molecule has 2 N–H and O–H groups in total. The van der Waals surface area contributed by atoms with E-state index >= 15 is 0 Å². The molecule has 1 aromatic heterocycles. The molecule has 1 aliphatic heterocycles. The van der Waals surface area contributed by atoms with Gasteiger partial charge in [-0.2, -0.15) is 0 Å². The second-order valence-electron chi connectivity index (χ2n) is 8.92. The van der Waals surface area contributed by atoms with Crippen LogP contribution in [0.3, 0.4) is 0 Å². The molecule has 1 radical (unpaired) electrons. The molecule has 0 bridgehead atoms. The second-order valence-corrected chi connectivity index (χ2v) is 8.92. The quantitative estimate of drug-likeness (QED) is 0.701. The van der Waals surface area contributed by atoms with E-state index in [0.29, 0.717) is 17.4 Å². The summed E-state index contributed by atoms with van der Waals surface area (Å²) in [6.45, 7) is 5.27. The zero-order valence-corrected chi connectivity index (χ0v) is 18.5. The molecule has 1 spiro atoms. The number of aromatic hydroxyl groups is 1. The number of anilines is 1. The van der Waals surface area contributed by atoms with Crippen molar-refractivity contribution in [2.45, 2.75) is 70.7 Å². The van der Waals surface area contributed by atoms with Crippen molar-refractivity contribution in [1.82, 2.24) is 0 Å². The van der Waals surface area contributed by atoms with Gasteiger partial charge in [0.15, 0.2) is 11.4 Å². The Balaban J connectivity index is 1.72. The highest BCUT2D eigenvalue weighted by Gasteiger charge is 2.48. The molecule has 2 aliphatic rings. The maximum atomic E-state index is 12.5. The third kappa shape index (κ3) is 3.74. The van der Waals surface area contributed by atoms with Gasteiger partial charge in [-0.3, -0.25) is 4.79 Å². The molecule has 2 unspecified atom stereocenters. The lowest BCUT2D eigenvalue weighted by atomic mass is 9.84. The molecule has 2 atom stereocenters. The molecule has 1 amide bonds. The van der Waals surface area contributed by atoms with Crippen LogP contribution in [0.25, 0.3) is 11.0 Å². The van der Waals surface area contributed by atoms with E-state index in [1.165, 1.54) is 0 Å². The predicted octanol–water partition coefficient (Wildman–Crippen LogP) is 4.40. The predicted molar refractivity (Wildman–Crippen MR) is 117 cm³/mol. The first-order valence-corrected chi connectivity index (χ1v) is 10.9. The third-order valence-electron chi connectivity index (χ3n) is 6.62. The lowest BCUT2D eigenvalue weighted by Gasteiger charge is -2.44. The van der Waals surface area contributed by atoms with Gasteiger partial charge in [-0.1, -0.05) is 32.8 Å². The van der Waals surface area contributed by atoms with Crippen molar-refractivity contribution >= 4 is 22.6 Å². The highest BCUT2D eigenvalue weighted by atomic mass is 16.6. The molecular weight excluding hydrogens is 398 g/mol. The first-order chi connectivity index (χ1) is 14.8. The van der Waals surface area contributed by atoms with Crippen LogP contribution in [0.5, 0.6) is 5.75 Å². The SMILES string of the molecule is COC1[CH]CC(c2ccc3c(O)c(NC(=O)C(C)C)c(=O)oc3c2C)OC12CCCC2. The number of hydrogen-bond donors (Lipinski definition) is 2. The Labute approximate surface area is 181 Å². The van der Waals surface area contributed by atoms with Gasteiger partial charge in [0.25, 0.3) is 0 Å². The molecule has 1 saturated carbocycles. The maximum absolute atomic E-state index is 12.5. The summed E-state index contributed by atoms with van der Waals surface area (Å²) in [7, 11) is 1.72. The van der Waals surface area contributed by atoms with Crippen LogP contribution in [0.2, 0.25) is 0 Å². The van der Waals surface area contributed by atoms with E-state index in [1.807, 2.05) is 13.0 Å². The van der Waals surface area contributed by atoms with Gasteiger partial charge < -0.3 is 24.3 Å². The number of rotatable bonds is 4. The molecule has 4 rings (SSSR count). The minimum atomic E-state index is -0.776. The van der Waals surface area contributed by atoms with Crippen LogP contribution in [-0.4, -0.2) is 29.8 Å². The summed E-state index contributed by atoms with van der Waals surface area (Å²) in [5.41, 5.74) is 0.656. The number of aryl methyl sites for hydroxylation is 1. The zero-order chi connectivity index (χ0) is 22.3. The van der Waals surface area contributed by atoms with Crippen LogP contribution in [-0.2, 0) is 14.3 Å². The van der Waals surface area contributed by atoms with Crippen molar-refractivity contribution in [2.75, 3.05) is 12.4 Å². The summed E-state index contributed by atoms with van der Waals surface area (Å²) in [6, 6.07) is 3.62. The largest absolute Gasteiger partial charge is 0.505 e. The Bertz CT molecular complexity index is 1050. The first kappa shape index (κ1) is 21.8. The van der Waals surface area contributed by atoms with Crippen LogP contribution < -0.4 is 10.9 Å². The first-order valence-electron chi connectivity index (χ1n) is 10.9. The van der Waals surface area contributed by atoms with E-state index in [0.717, 1.165) is 36.8 Å². The Morgan fingerprint density at radius 1 is 1.29 bits per heavy atom. The van der Waals surface area contributed by atoms with Crippen molar-refractivity contribution in [3.05, 3.63) is 40.1 Å². The maximum Gasteiger partial charge on any atom is 0.364 e. The summed E-state index contributed by atoms with van der Waals surface area (Å²) in [5.74, 6) is -0.981. The molecule has 1 saturated heterocycles. The summed E-state index contributed by atoms with van der Waals surface area (Å²) < 4.78 is 17.9. The minimum absolute atomic E-state index is 0.0267. The zero-order valence-electron chi connectivity index (χ0n) is 18.5. The number of carbonyl (C=O) groups is 1. The van der Waals surface area contributed by atoms with Crippen molar-refractivity contribution in [1.29, 1.82) is 0 Å². The lowest BCUT2D eigenvalue weighted by Crippen LogP contribution is -2.48. The van der Waals surface area contributed by atoms with Crippen LogP contribution >= 0.6 is 0 Å². The normalized spacial score (nSPS) is 23.0. The van der Waals surface area contributed by atoms with Crippen LogP contribution in [0.1, 0.15) is 63.2 Å². The van der Waals surface area contributed by atoms with E-state index in [1.54, 1.807) is 27.0 Å². The molecule has 2 heterocycles. The Kier molecular flexibility index (Phi) is 5.83. The van der Waals surface area contributed by atoms with E-state index in [4.69, 9.17) is 13.9 Å². The Hall–Kier alpha value is -2.38. The fraction of sp³-hybridized carbons (Fsp3) is 0.542. The van der Waals surface area contributed by atoms with Crippen molar-refractivity contribution in [3.63, 3.8) is 0 Å². The van der Waals surface area contributed by atoms with Gasteiger partial charge in [0.1, 0.15) is 5.58 Å². The van der Waals surface area contributed by atoms with Gasteiger partial charge >= 0.3 is 5.63 Å². The molecule has 31 heavy (non-hydrogen) atoms. The second kappa shape index (κ2) is 8.28. The number of hydrogen-bond acceptors (Lipinski definition) is 6. The number of carbonyl (C=O) groups excluding carboxylic acids is 1. The summed E-state index contributed by atoms with van der Waals surface area (Å²) >= 11 is 0. The molecule has 167 valence electrons. The molecule has 7 heteroatoms. The van der Waals surface area contributed by atoms with E-state index in [-0.39, 0.29) is 41.1 Å². The smallest absolute Gasteiger partial charge is 0.364 e. The number of amides is 1. The topological polar surface area (TPSA) is 98.0 Å². The van der Waals surface area contributed by atoms with Crippen LogP contribution in [0.4, 0.5) is 5.69 Å². The molecule has 1 aromatic carbocycles. The lowest BCUT2D eigenvalue weighted by molar-refractivity contribution is -0.177. The molecule has 1 aliphatic carbocycles. The van der Waals surface area contributed by atoms with Crippen molar-refractivity contribution < 1.29 is 23.8 Å². The Morgan fingerprint density at radius 2 is 2.00 bits per heavy atom. The Morgan fingerprint density at radius 3 is 2.65 bits per heavy atom. The van der Waals surface area contributed by atoms with E-state index in [9.17, 15) is 14.7 Å². The third-order valence-corrected chi connectivity index (χ3v) is 6.62. The van der Waals surface area contributed by atoms with Gasteiger partial charge in [0.2, 0.25) is 5.91 Å². The summed E-state index contributed by atoms with van der Waals surface area (Å²) in [5, 5.41) is 13.5. The average molecular weight is 429 g/mol. The van der Waals surface area contributed by atoms with Gasteiger partial charge in [-0.25, -0.2) is 4.79 Å². The fourth-order valence-corrected chi connectivity index (χ4v) is 4.86. The molecular formula is C24H30NO6. The fourth-order valence-electron chi connectivity index (χ4n) is 4.86. The highest BCUT2D eigenvalue weighted by Crippen LogP contribution is 2.48. The molecule has 2 fully saturated rings. The van der Waals surface area contributed by atoms with Gasteiger partial charge in [0.05, 0.1) is 23.2 Å². The summed E-state index contributed by atoms with van der Waals surface area (Å²) in [4.78, 5) is 24.6. The monoisotopic (exact) mass is 428 g/mol. The van der Waals surface area contributed by atoms with E-state index in [2.05, 4.69) is 11.7 Å². The number of methoxy groups -OCH3 is 1. The minimum Gasteiger partial charge on any atom is -0.505 e. The number of nitrogens with one attached hydrogen (secondary N) is 1. The standard InChI is InChI=1S/C24H30NO6/c1-13(2)22(27)25-19-20(26)16-8-7-15(14(3)21(16)30-23(19)28)17-9-10-18(29-4)24(31-17)11-5-6-12-24/h7-8,10,13,17-18,26H,5-6,9,11-12H2,1-4H3,(H,25,27). The molecule has 7 nitrogen and oxygen atoms in total. The van der Waals surface area contributed by atoms with Crippen LogP contribution in [0, 0.1) is 19.3 Å². The van der Waals surface area contributed by atoms with Gasteiger partial charge in [-0.05, 0) is 49.8 Å². The number of ether oxygens (including phenoxy) is 2. The summed E-state index contributed by atoms with van der Waals surface area (Å²) in [6.07, 6.45) is 6.81. The number of fused-ring (bicyclic) bond motifs is 1. The van der Waals surface area contributed by atoms with Gasteiger partial charge in [0, 0.05) is 13.0 Å². The highest BCUT2D eigenvalue weighted by molar-refractivity contribution is 5.98. The van der Waals surface area contributed by atoms with Gasteiger partial charge in [-0.15, -0.1) is 0 Å². The number of benzene rings is 1. The van der Waals surface area contributed by atoms with Crippen LogP contribution in [0.15, 0.2) is 21.3 Å². The molecule has 2 aromatic rings. The van der Waals surface area contributed by atoms with Crippen molar-refractivity contribution in [2.24, 2.45) is 5.92 Å².